The van der Waals surface area contributed by atoms with E-state index >= 15 is 0 Å². The topological polar surface area (TPSA) is 70.8 Å². The number of hydrogen-bond donors (Lipinski definition) is 1. The third kappa shape index (κ3) is 2.27. The molecule has 0 unspecified atom stereocenters. The second-order valence-electron chi connectivity index (χ2n) is 3.67. The van der Waals surface area contributed by atoms with Crippen LogP contribution in [0.5, 0.6) is 0 Å². The number of rotatable bonds is 4. The minimum absolute atomic E-state index is 0.0606. The molecular formula is C10H10BrNO4. The summed E-state index contributed by atoms with van der Waals surface area (Å²) in [7, 11) is 0. The van der Waals surface area contributed by atoms with E-state index in [1.807, 2.05) is 0 Å². The standard InChI is InChI=1S/C10H10BrNO4/c11-9-7(3-4-16-9)10(15)12(5-8(13)14)6-1-2-6/h3-4,6H,1-2,5H2,(H,13,14). The number of amides is 1. The Hall–Kier alpha value is -1.30. The Bertz CT molecular complexity index is 424. The zero-order valence-electron chi connectivity index (χ0n) is 8.35. The van der Waals surface area contributed by atoms with Gasteiger partial charge in [0.05, 0.1) is 11.8 Å². The van der Waals surface area contributed by atoms with Crippen LogP contribution in [0, 0.1) is 0 Å². The van der Waals surface area contributed by atoms with Crippen LogP contribution in [0.15, 0.2) is 21.4 Å². The number of hydrogen-bond acceptors (Lipinski definition) is 3. The molecule has 1 aliphatic rings. The Morgan fingerprint density at radius 2 is 2.25 bits per heavy atom. The van der Waals surface area contributed by atoms with Crippen LogP contribution in [-0.4, -0.2) is 34.5 Å². The van der Waals surface area contributed by atoms with E-state index in [0.717, 1.165) is 12.8 Å². The Morgan fingerprint density at radius 3 is 2.69 bits per heavy atom. The van der Waals surface area contributed by atoms with Crippen molar-refractivity contribution in [2.24, 2.45) is 0 Å². The number of aliphatic carboxylic acids is 1. The molecule has 1 aromatic heterocycles. The smallest absolute Gasteiger partial charge is 0.323 e. The minimum Gasteiger partial charge on any atom is -0.480 e. The lowest BCUT2D eigenvalue weighted by Gasteiger charge is -2.19. The fourth-order valence-electron chi connectivity index (χ4n) is 1.50. The van der Waals surface area contributed by atoms with Gasteiger partial charge in [0.1, 0.15) is 6.54 Å². The van der Waals surface area contributed by atoms with Crippen molar-refractivity contribution in [3.63, 3.8) is 0 Å². The first-order valence-corrected chi connectivity index (χ1v) is 5.64. The number of halogens is 1. The molecule has 0 atom stereocenters. The fourth-order valence-corrected chi connectivity index (χ4v) is 1.91. The molecule has 1 aliphatic carbocycles. The number of furan rings is 1. The van der Waals surface area contributed by atoms with Crippen molar-refractivity contribution in [3.05, 3.63) is 22.6 Å². The van der Waals surface area contributed by atoms with Gasteiger partial charge < -0.3 is 14.4 Å². The average molecular weight is 288 g/mol. The minimum atomic E-state index is -1.00. The van der Waals surface area contributed by atoms with Gasteiger partial charge in [0.2, 0.25) is 0 Å². The number of carbonyl (C=O) groups excluding carboxylic acids is 1. The number of carboxylic acids is 1. The van der Waals surface area contributed by atoms with Crippen LogP contribution in [0.4, 0.5) is 0 Å². The SMILES string of the molecule is O=C(O)CN(C(=O)c1ccoc1Br)C1CC1. The fraction of sp³-hybridized carbons (Fsp3) is 0.400. The second kappa shape index (κ2) is 4.29. The Morgan fingerprint density at radius 1 is 1.56 bits per heavy atom. The first kappa shape index (κ1) is 11.2. The van der Waals surface area contributed by atoms with Gasteiger partial charge in [-0.15, -0.1) is 0 Å². The summed E-state index contributed by atoms with van der Waals surface area (Å²) in [5.74, 6) is -1.30. The Kier molecular flexibility index (Phi) is 3.00. The lowest BCUT2D eigenvalue weighted by Crippen LogP contribution is -2.37. The van der Waals surface area contributed by atoms with Gasteiger partial charge in [0.25, 0.3) is 5.91 Å². The van der Waals surface area contributed by atoms with Gasteiger partial charge in [-0.1, -0.05) is 0 Å². The summed E-state index contributed by atoms with van der Waals surface area (Å²) in [6.07, 6.45) is 3.13. The molecule has 1 heterocycles. The Labute approximate surface area is 100 Å². The highest BCUT2D eigenvalue weighted by Gasteiger charge is 2.35. The monoisotopic (exact) mass is 287 g/mol. The molecule has 1 amide bonds. The maximum atomic E-state index is 12.0. The summed E-state index contributed by atoms with van der Waals surface area (Å²) in [5.41, 5.74) is 0.369. The normalized spacial score (nSPS) is 14.8. The lowest BCUT2D eigenvalue weighted by molar-refractivity contribution is -0.137. The first-order valence-electron chi connectivity index (χ1n) is 4.85. The van der Waals surface area contributed by atoms with E-state index in [2.05, 4.69) is 15.9 Å². The van der Waals surface area contributed by atoms with E-state index in [1.54, 1.807) is 0 Å². The van der Waals surface area contributed by atoms with Crippen molar-refractivity contribution in [2.75, 3.05) is 6.54 Å². The molecule has 16 heavy (non-hydrogen) atoms. The van der Waals surface area contributed by atoms with Crippen LogP contribution in [0.3, 0.4) is 0 Å². The van der Waals surface area contributed by atoms with Gasteiger partial charge in [0.15, 0.2) is 4.67 Å². The van der Waals surface area contributed by atoms with Gasteiger partial charge >= 0.3 is 5.97 Å². The van der Waals surface area contributed by atoms with Crippen molar-refractivity contribution in [2.45, 2.75) is 18.9 Å². The molecule has 0 radical (unpaired) electrons. The van der Waals surface area contributed by atoms with Crippen LogP contribution in [0.25, 0.3) is 0 Å². The Balaban J connectivity index is 2.17. The van der Waals surface area contributed by atoms with Gasteiger partial charge in [-0.05, 0) is 34.8 Å². The molecule has 0 bridgehead atoms. The van der Waals surface area contributed by atoms with Crippen LogP contribution in [0.2, 0.25) is 0 Å². The van der Waals surface area contributed by atoms with E-state index in [0.29, 0.717) is 10.2 Å². The quantitative estimate of drug-likeness (QED) is 0.916. The summed E-state index contributed by atoms with van der Waals surface area (Å²) >= 11 is 3.11. The van der Waals surface area contributed by atoms with Crippen LogP contribution in [0.1, 0.15) is 23.2 Å². The summed E-state index contributed by atoms with van der Waals surface area (Å²) < 4.78 is 5.30. The van der Waals surface area contributed by atoms with Crippen LogP contribution in [-0.2, 0) is 4.79 Å². The summed E-state index contributed by atoms with van der Waals surface area (Å²) in [4.78, 5) is 24.1. The van der Waals surface area contributed by atoms with Gasteiger partial charge in [-0.2, -0.15) is 0 Å². The molecule has 1 N–H and O–H groups in total. The second-order valence-corrected chi connectivity index (χ2v) is 4.39. The molecule has 1 saturated carbocycles. The largest absolute Gasteiger partial charge is 0.480 e. The predicted molar refractivity (Wildman–Crippen MR) is 58.1 cm³/mol. The van der Waals surface area contributed by atoms with E-state index in [4.69, 9.17) is 9.52 Å². The number of carbonyl (C=O) groups is 2. The third-order valence-electron chi connectivity index (χ3n) is 2.40. The van der Waals surface area contributed by atoms with Crippen molar-refractivity contribution in [1.82, 2.24) is 4.90 Å². The van der Waals surface area contributed by atoms with Crippen LogP contribution >= 0.6 is 15.9 Å². The predicted octanol–water partition coefficient (Wildman–Crippen LogP) is 1.73. The molecule has 0 aromatic carbocycles. The number of carboxylic acid groups (broad SMARTS) is 1. The van der Waals surface area contributed by atoms with E-state index in [-0.39, 0.29) is 18.5 Å². The molecule has 2 rings (SSSR count). The maximum Gasteiger partial charge on any atom is 0.323 e. The molecule has 0 spiro atoms. The van der Waals surface area contributed by atoms with E-state index < -0.39 is 5.97 Å². The molecule has 6 heteroatoms. The van der Waals surface area contributed by atoms with Crippen molar-refractivity contribution < 1.29 is 19.1 Å². The van der Waals surface area contributed by atoms with Crippen molar-refractivity contribution in [3.8, 4) is 0 Å². The maximum absolute atomic E-state index is 12.0. The zero-order chi connectivity index (χ0) is 11.7. The molecular weight excluding hydrogens is 278 g/mol. The average Bonchev–Trinajstić information content (AvgIpc) is 2.97. The molecule has 1 fully saturated rings. The summed E-state index contributed by atoms with van der Waals surface area (Å²) in [5, 5.41) is 8.75. The molecule has 86 valence electrons. The first-order chi connectivity index (χ1) is 7.59. The van der Waals surface area contributed by atoms with Gasteiger partial charge in [-0.3, -0.25) is 9.59 Å². The van der Waals surface area contributed by atoms with E-state index in [9.17, 15) is 9.59 Å². The lowest BCUT2D eigenvalue weighted by atomic mass is 10.3. The molecule has 5 nitrogen and oxygen atoms in total. The van der Waals surface area contributed by atoms with Crippen molar-refractivity contribution >= 4 is 27.8 Å². The molecule has 0 saturated heterocycles. The van der Waals surface area contributed by atoms with E-state index in [1.165, 1.54) is 17.2 Å². The summed E-state index contributed by atoms with van der Waals surface area (Å²) in [6.45, 7) is -0.263. The van der Waals surface area contributed by atoms with Crippen LogP contribution < -0.4 is 0 Å². The highest BCUT2D eigenvalue weighted by molar-refractivity contribution is 9.10. The zero-order valence-corrected chi connectivity index (χ0v) is 9.94. The van der Waals surface area contributed by atoms with Crippen molar-refractivity contribution in [1.29, 1.82) is 0 Å². The van der Waals surface area contributed by atoms with Gasteiger partial charge in [-0.25, -0.2) is 0 Å². The summed E-state index contributed by atoms with van der Waals surface area (Å²) in [6, 6.07) is 1.59. The highest BCUT2D eigenvalue weighted by Crippen LogP contribution is 2.29. The number of nitrogens with zero attached hydrogens (tertiary/aromatic N) is 1. The molecule has 0 aliphatic heterocycles. The third-order valence-corrected chi connectivity index (χ3v) is 3.02. The molecule has 1 aromatic rings. The highest BCUT2D eigenvalue weighted by atomic mass is 79.9. The van der Waals surface area contributed by atoms with Gasteiger partial charge in [0, 0.05) is 6.04 Å².